The summed E-state index contributed by atoms with van der Waals surface area (Å²) in [7, 11) is 0. The van der Waals surface area contributed by atoms with Crippen LogP contribution >= 0.6 is 0 Å². The van der Waals surface area contributed by atoms with Gasteiger partial charge in [0.2, 0.25) is 5.91 Å². The van der Waals surface area contributed by atoms with Gasteiger partial charge >= 0.3 is 6.09 Å². The van der Waals surface area contributed by atoms with Gasteiger partial charge in [0.25, 0.3) is 0 Å². The van der Waals surface area contributed by atoms with E-state index in [9.17, 15) is 14.0 Å². The number of carbonyl (C=O) groups is 2. The van der Waals surface area contributed by atoms with Crippen molar-refractivity contribution >= 4 is 23.4 Å². The quantitative estimate of drug-likeness (QED) is 0.704. The van der Waals surface area contributed by atoms with Crippen molar-refractivity contribution in [2.45, 2.75) is 32.4 Å². The lowest BCUT2D eigenvalue weighted by molar-refractivity contribution is -0.119. The van der Waals surface area contributed by atoms with Crippen molar-refractivity contribution in [2.24, 2.45) is 0 Å². The second-order valence-electron chi connectivity index (χ2n) is 6.60. The van der Waals surface area contributed by atoms with Crippen LogP contribution in [-0.2, 0) is 9.53 Å². The number of aromatic nitrogens is 3. The Bertz CT molecular complexity index is 885. The third-order valence-corrected chi connectivity index (χ3v) is 4.37. The molecule has 0 unspecified atom stereocenters. The van der Waals surface area contributed by atoms with Crippen molar-refractivity contribution in [1.82, 2.24) is 20.3 Å². The van der Waals surface area contributed by atoms with Crippen molar-refractivity contribution in [3.05, 3.63) is 42.0 Å². The molecule has 1 aliphatic heterocycles. The molecule has 148 valence electrons. The molecule has 0 bridgehead atoms. The second kappa shape index (κ2) is 8.15. The van der Waals surface area contributed by atoms with Crippen LogP contribution in [0.2, 0.25) is 0 Å². The lowest BCUT2D eigenvalue weighted by Gasteiger charge is -2.16. The van der Waals surface area contributed by atoms with Gasteiger partial charge in [-0.3, -0.25) is 9.69 Å². The minimum Gasteiger partial charge on any atom is -0.442 e. The molecular formula is C18H21FN6O3. The number of nitrogens with zero attached hydrogens (tertiary/aromatic N) is 4. The molecule has 28 heavy (non-hydrogen) atoms. The first-order chi connectivity index (χ1) is 13.3. The molecule has 3 rings (SSSR count). The molecule has 0 radical (unpaired) electrons. The van der Waals surface area contributed by atoms with Crippen molar-refractivity contribution in [3.63, 3.8) is 0 Å². The fraction of sp³-hybridized carbons (Fsp3) is 0.389. The van der Waals surface area contributed by atoms with Crippen molar-refractivity contribution in [1.29, 1.82) is 5.41 Å². The van der Waals surface area contributed by atoms with Gasteiger partial charge in [-0.25, -0.2) is 9.18 Å². The molecule has 2 atom stereocenters. The van der Waals surface area contributed by atoms with Gasteiger partial charge in [0.1, 0.15) is 11.9 Å². The topological polar surface area (TPSA) is 113 Å². The lowest BCUT2D eigenvalue weighted by Crippen LogP contribution is -2.33. The van der Waals surface area contributed by atoms with Crippen LogP contribution in [0.25, 0.3) is 0 Å². The SMILES string of the molecule is CC(=O)NC[C@H]1CN(c2ccc(C(=N)C[C@H](C)n3nccn3)c(F)c2)C(=O)O1. The highest BCUT2D eigenvalue weighted by molar-refractivity contribution is 5.99. The van der Waals surface area contributed by atoms with E-state index in [-0.39, 0.29) is 42.7 Å². The van der Waals surface area contributed by atoms with Crippen molar-refractivity contribution in [3.8, 4) is 0 Å². The van der Waals surface area contributed by atoms with Crippen LogP contribution in [0.5, 0.6) is 0 Å². The Hall–Kier alpha value is -3.30. The van der Waals surface area contributed by atoms with Gasteiger partial charge in [-0.15, -0.1) is 0 Å². The normalized spacial score (nSPS) is 17.3. The minimum absolute atomic E-state index is 0.112. The number of carbonyl (C=O) groups excluding carboxylic acids is 2. The molecule has 1 aliphatic rings. The number of cyclic esters (lactones) is 1. The molecule has 1 aromatic carbocycles. The Morgan fingerprint density at radius 1 is 1.43 bits per heavy atom. The average Bonchev–Trinajstić information content (AvgIpc) is 3.29. The van der Waals surface area contributed by atoms with Crippen molar-refractivity contribution in [2.75, 3.05) is 18.0 Å². The van der Waals surface area contributed by atoms with E-state index >= 15 is 0 Å². The fourth-order valence-electron chi connectivity index (χ4n) is 2.95. The number of ether oxygens (including phenoxy) is 1. The number of anilines is 1. The maximum atomic E-state index is 14.6. The van der Waals surface area contributed by atoms with E-state index in [4.69, 9.17) is 10.1 Å². The summed E-state index contributed by atoms with van der Waals surface area (Å²) in [6.45, 7) is 3.62. The number of benzene rings is 1. The highest BCUT2D eigenvalue weighted by Crippen LogP contribution is 2.25. The van der Waals surface area contributed by atoms with E-state index in [1.54, 1.807) is 18.5 Å². The van der Waals surface area contributed by atoms with E-state index in [1.807, 2.05) is 6.92 Å². The first-order valence-corrected chi connectivity index (χ1v) is 8.81. The van der Waals surface area contributed by atoms with Crippen molar-refractivity contribution < 1.29 is 18.7 Å². The van der Waals surface area contributed by atoms with E-state index < -0.39 is 18.0 Å². The largest absolute Gasteiger partial charge is 0.442 e. The Kier molecular flexibility index (Phi) is 5.67. The standard InChI is InChI=1S/C18H21FN6O3/c1-11(25-22-5-6-23-25)7-17(20)15-4-3-13(8-16(15)19)24-10-14(28-18(24)27)9-21-12(2)26/h3-6,8,11,14,20H,7,9-10H2,1-2H3,(H,21,26)/t11-,14-/m0/s1. The number of nitrogens with one attached hydrogen (secondary N) is 2. The number of hydrogen-bond acceptors (Lipinski definition) is 6. The maximum absolute atomic E-state index is 14.6. The second-order valence-corrected chi connectivity index (χ2v) is 6.60. The van der Waals surface area contributed by atoms with Gasteiger partial charge < -0.3 is 15.5 Å². The molecular weight excluding hydrogens is 367 g/mol. The van der Waals surface area contributed by atoms with E-state index in [0.29, 0.717) is 5.69 Å². The number of rotatable bonds is 7. The summed E-state index contributed by atoms with van der Waals surface area (Å²) in [5, 5.41) is 18.8. The third-order valence-electron chi connectivity index (χ3n) is 4.37. The van der Waals surface area contributed by atoms with Crippen LogP contribution in [0.4, 0.5) is 14.9 Å². The zero-order valence-electron chi connectivity index (χ0n) is 15.6. The first kappa shape index (κ1) is 19.5. The molecule has 10 heteroatoms. The molecule has 2 heterocycles. The summed E-state index contributed by atoms with van der Waals surface area (Å²) in [5.74, 6) is -0.816. The number of hydrogen-bond donors (Lipinski definition) is 2. The molecule has 0 saturated carbocycles. The minimum atomic E-state index is -0.601. The fourth-order valence-corrected chi connectivity index (χ4v) is 2.95. The number of amides is 2. The molecule has 1 aromatic heterocycles. The maximum Gasteiger partial charge on any atom is 0.414 e. The summed E-state index contributed by atoms with van der Waals surface area (Å²) >= 11 is 0. The monoisotopic (exact) mass is 388 g/mol. The van der Waals surface area contributed by atoms with Crippen LogP contribution < -0.4 is 10.2 Å². The Morgan fingerprint density at radius 2 is 2.14 bits per heavy atom. The lowest BCUT2D eigenvalue weighted by atomic mass is 10.0. The predicted molar refractivity (Wildman–Crippen MR) is 98.9 cm³/mol. The molecule has 2 amide bonds. The van der Waals surface area contributed by atoms with Gasteiger partial charge in [-0.05, 0) is 25.1 Å². The van der Waals surface area contributed by atoms with Gasteiger partial charge in [0, 0.05) is 24.6 Å². The zero-order chi connectivity index (χ0) is 20.3. The van der Waals surface area contributed by atoms with Gasteiger partial charge in [-0.2, -0.15) is 15.0 Å². The van der Waals surface area contributed by atoms with Gasteiger partial charge in [0.05, 0.1) is 37.2 Å². The summed E-state index contributed by atoms with van der Waals surface area (Å²) in [4.78, 5) is 25.8. The smallest absolute Gasteiger partial charge is 0.414 e. The van der Waals surface area contributed by atoms with Crippen LogP contribution in [-0.4, -0.2) is 51.9 Å². The van der Waals surface area contributed by atoms with Gasteiger partial charge in [0.15, 0.2) is 0 Å². The molecule has 2 aromatic rings. The van der Waals surface area contributed by atoms with E-state index in [2.05, 4.69) is 15.5 Å². The van der Waals surface area contributed by atoms with Crippen LogP contribution in [0.15, 0.2) is 30.6 Å². The summed E-state index contributed by atoms with van der Waals surface area (Å²) < 4.78 is 19.8. The Morgan fingerprint density at radius 3 is 2.79 bits per heavy atom. The average molecular weight is 388 g/mol. The zero-order valence-corrected chi connectivity index (χ0v) is 15.6. The summed E-state index contributed by atoms with van der Waals surface area (Å²) in [5.41, 5.74) is 0.609. The Labute approximate surface area is 161 Å². The Balaban J connectivity index is 1.67. The van der Waals surface area contributed by atoms with E-state index in [0.717, 1.165) is 0 Å². The molecule has 2 N–H and O–H groups in total. The van der Waals surface area contributed by atoms with Crippen LogP contribution in [0, 0.1) is 11.2 Å². The first-order valence-electron chi connectivity index (χ1n) is 8.81. The summed E-state index contributed by atoms with van der Waals surface area (Å²) in [6, 6.07) is 4.07. The molecule has 1 saturated heterocycles. The molecule has 0 aliphatic carbocycles. The van der Waals surface area contributed by atoms with Crippen LogP contribution in [0.3, 0.4) is 0 Å². The third kappa shape index (κ3) is 4.33. The predicted octanol–water partition coefficient (Wildman–Crippen LogP) is 1.90. The summed E-state index contributed by atoms with van der Waals surface area (Å²) in [6.07, 6.45) is 2.25. The van der Waals surface area contributed by atoms with Gasteiger partial charge in [-0.1, -0.05) is 0 Å². The van der Waals surface area contributed by atoms with Crippen LogP contribution in [0.1, 0.15) is 31.9 Å². The van der Waals surface area contributed by atoms with E-state index in [1.165, 1.54) is 28.8 Å². The highest BCUT2D eigenvalue weighted by atomic mass is 19.1. The molecule has 0 spiro atoms. The highest BCUT2D eigenvalue weighted by Gasteiger charge is 2.32. The number of halogens is 1. The molecule has 1 fully saturated rings. The molecule has 9 nitrogen and oxygen atoms in total.